The number of benzene rings is 1. The van der Waals surface area contributed by atoms with Crippen molar-refractivity contribution in [3.63, 3.8) is 0 Å². The van der Waals surface area contributed by atoms with Gasteiger partial charge in [0.15, 0.2) is 14.7 Å². The Hall–Kier alpha value is -0.670. The zero-order chi connectivity index (χ0) is 13.8. The molecule has 0 aliphatic rings. The Kier molecular flexibility index (Phi) is 5.54. The summed E-state index contributed by atoms with van der Waals surface area (Å²) in [5.41, 5.74) is 0.420. The van der Waals surface area contributed by atoms with Gasteiger partial charge in [-0.1, -0.05) is 29.3 Å². The van der Waals surface area contributed by atoms with Gasteiger partial charge in [0, 0.05) is 15.5 Å². The van der Waals surface area contributed by atoms with E-state index < -0.39 is 9.84 Å². The first-order valence-electron chi connectivity index (χ1n) is 4.70. The monoisotopic (exact) mass is 321 g/mol. The van der Waals surface area contributed by atoms with Crippen LogP contribution in [0.1, 0.15) is 5.56 Å². The number of halogens is 2. The van der Waals surface area contributed by atoms with E-state index in [0.29, 0.717) is 10.6 Å². The molecule has 0 aromatic heterocycles. The highest BCUT2D eigenvalue weighted by Gasteiger charge is 2.19. The Morgan fingerprint density at radius 2 is 2.17 bits per heavy atom. The molecule has 7 heteroatoms. The topological polar surface area (TPSA) is 57.9 Å². The number of hydrogen-bond donors (Lipinski definition) is 0. The molecule has 1 aromatic carbocycles. The summed E-state index contributed by atoms with van der Waals surface area (Å²) in [4.78, 5) is -0.263. The highest BCUT2D eigenvalue weighted by atomic mass is 35.5. The van der Waals surface area contributed by atoms with Gasteiger partial charge >= 0.3 is 0 Å². The SMILES string of the molecule is CS/C=C(\C#N)S(=O)(=O)Cc1ccc(Cl)cc1Cl. The van der Waals surface area contributed by atoms with Crippen molar-refractivity contribution in [1.29, 1.82) is 5.26 Å². The molecule has 0 radical (unpaired) electrons. The van der Waals surface area contributed by atoms with Crippen molar-refractivity contribution in [3.05, 3.63) is 44.1 Å². The first kappa shape index (κ1) is 15.4. The second-order valence-corrected chi connectivity index (χ2v) is 6.83. The van der Waals surface area contributed by atoms with Crippen LogP contribution in [0.15, 0.2) is 28.5 Å². The van der Waals surface area contributed by atoms with E-state index in [4.69, 9.17) is 28.5 Å². The van der Waals surface area contributed by atoms with Gasteiger partial charge in [0.1, 0.15) is 6.07 Å². The van der Waals surface area contributed by atoms with Crippen LogP contribution in [0.2, 0.25) is 10.0 Å². The molecule has 0 heterocycles. The standard InChI is InChI=1S/C11H9Cl2NO2S2/c1-17-6-10(5-14)18(15,16)7-8-2-3-9(12)4-11(8)13/h2-4,6H,7H2,1H3/b10-6+. The summed E-state index contributed by atoms with van der Waals surface area (Å²) < 4.78 is 23.9. The predicted octanol–water partition coefficient (Wildman–Crippen LogP) is 3.64. The van der Waals surface area contributed by atoms with E-state index in [-0.39, 0.29) is 15.7 Å². The predicted molar refractivity (Wildman–Crippen MR) is 76.3 cm³/mol. The van der Waals surface area contributed by atoms with Gasteiger partial charge in [-0.15, -0.1) is 11.8 Å². The normalized spacial score (nSPS) is 12.2. The molecule has 0 N–H and O–H groups in total. The molecule has 1 aromatic rings. The van der Waals surface area contributed by atoms with E-state index in [1.165, 1.54) is 17.5 Å². The fourth-order valence-electron chi connectivity index (χ4n) is 1.20. The summed E-state index contributed by atoms with van der Waals surface area (Å²) in [7, 11) is -3.67. The molecule has 0 atom stereocenters. The van der Waals surface area contributed by atoms with Crippen LogP contribution in [0.5, 0.6) is 0 Å². The quantitative estimate of drug-likeness (QED) is 0.794. The van der Waals surface area contributed by atoms with Gasteiger partial charge in [-0.05, 0) is 24.0 Å². The van der Waals surface area contributed by atoms with Crippen molar-refractivity contribution in [2.24, 2.45) is 0 Å². The van der Waals surface area contributed by atoms with E-state index in [2.05, 4.69) is 0 Å². The lowest BCUT2D eigenvalue weighted by molar-refractivity contribution is 0.602. The number of thioether (sulfide) groups is 1. The Balaban J connectivity index is 3.11. The molecule has 0 fully saturated rings. The maximum Gasteiger partial charge on any atom is 0.193 e. The van der Waals surface area contributed by atoms with E-state index in [9.17, 15) is 8.42 Å². The van der Waals surface area contributed by atoms with Crippen LogP contribution < -0.4 is 0 Å². The number of allylic oxidation sites excluding steroid dienone is 1. The van der Waals surface area contributed by atoms with Crippen molar-refractivity contribution in [3.8, 4) is 6.07 Å². The van der Waals surface area contributed by atoms with Crippen LogP contribution >= 0.6 is 35.0 Å². The third kappa shape index (κ3) is 3.92. The van der Waals surface area contributed by atoms with Gasteiger partial charge in [-0.2, -0.15) is 5.26 Å². The summed E-state index contributed by atoms with van der Waals surface area (Å²) in [5.74, 6) is -0.317. The number of nitrogens with zero attached hydrogens (tertiary/aromatic N) is 1. The minimum absolute atomic E-state index is 0.263. The molecule has 0 amide bonds. The summed E-state index contributed by atoms with van der Waals surface area (Å²) in [6.07, 6.45) is 1.68. The van der Waals surface area contributed by atoms with Gasteiger partial charge in [0.2, 0.25) is 0 Å². The lowest BCUT2D eigenvalue weighted by Gasteiger charge is -2.05. The highest BCUT2D eigenvalue weighted by molar-refractivity contribution is 8.03. The maximum absolute atomic E-state index is 12.0. The third-order valence-electron chi connectivity index (χ3n) is 2.03. The lowest BCUT2D eigenvalue weighted by Crippen LogP contribution is -2.06. The van der Waals surface area contributed by atoms with E-state index in [1.807, 2.05) is 0 Å². The molecular weight excluding hydrogens is 313 g/mol. The minimum Gasteiger partial charge on any atom is -0.223 e. The Labute approximate surface area is 120 Å². The van der Waals surface area contributed by atoms with Crippen molar-refractivity contribution in [2.75, 3.05) is 6.26 Å². The largest absolute Gasteiger partial charge is 0.223 e. The Bertz CT molecular complexity index is 618. The van der Waals surface area contributed by atoms with Crippen LogP contribution in [-0.2, 0) is 15.6 Å². The molecule has 1 rings (SSSR count). The van der Waals surface area contributed by atoms with Gasteiger partial charge in [0.25, 0.3) is 0 Å². The molecule has 0 saturated heterocycles. The molecule has 0 saturated carbocycles. The van der Waals surface area contributed by atoms with Gasteiger partial charge in [-0.3, -0.25) is 0 Å². The molecule has 0 aliphatic heterocycles. The second-order valence-electron chi connectivity index (χ2n) is 3.32. The zero-order valence-electron chi connectivity index (χ0n) is 9.35. The number of sulfone groups is 1. The summed E-state index contributed by atoms with van der Waals surface area (Å²) >= 11 is 12.8. The van der Waals surface area contributed by atoms with Crippen molar-refractivity contribution < 1.29 is 8.42 Å². The van der Waals surface area contributed by atoms with Gasteiger partial charge in [0.05, 0.1) is 5.75 Å². The fourth-order valence-corrected chi connectivity index (χ4v) is 3.85. The molecule has 3 nitrogen and oxygen atoms in total. The van der Waals surface area contributed by atoms with E-state index >= 15 is 0 Å². The van der Waals surface area contributed by atoms with Crippen LogP contribution in [-0.4, -0.2) is 14.7 Å². The maximum atomic E-state index is 12.0. The van der Waals surface area contributed by atoms with E-state index in [0.717, 1.165) is 11.8 Å². The molecule has 0 aliphatic carbocycles. The van der Waals surface area contributed by atoms with Crippen molar-refractivity contribution >= 4 is 44.8 Å². The first-order chi connectivity index (χ1) is 8.40. The molecule has 18 heavy (non-hydrogen) atoms. The third-order valence-corrected chi connectivity index (χ3v) is 4.81. The highest BCUT2D eigenvalue weighted by Crippen LogP contribution is 2.25. The molecular formula is C11H9Cl2NO2S2. The summed E-state index contributed by atoms with van der Waals surface area (Å²) in [6.45, 7) is 0. The van der Waals surface area contributed by atoms with Crippen molar-refractivity contribution in [1.82, 2.24) is 0 Å². The summed E-state index contributed by atoms with van der Waals surface area (Å²) in [6, 6.07) is 6.24. The van der Waals surface area contributed by atoms with Crippen LogP contribution in [0.25, 0.3) is 0 Å². The Morgan fingerprint density at radius 1 is 1.50 bits per heavy atom. The number of nitriles is 1. The van der Waals surface area contributed by atoms with Crippen molar-refractivity contribution in [2.45, 2.75) is 5.75 Å². The molecule has 0 bridgehead atoms. The first-order valence-corrected chi connectivity index (χ1v) is 8.40. The lowest BCUT2D eigenvalue weighted by atomic mass is 10.2. The fraction of sp³-hybridized carbons (Fsp3) is 0.182. The number of hydrogen-bond acceptors (Lipinski definition) is 4. The van der Waals surface area contributed by atoms with Gasteiger partial charge in [-0.25, -0.2) is 8.42 Å². The Morgan fingerprint density at radius 3 is 2.67 bits per heavy atom. The average Bonchev–Trinajstić information content (AvgIpc) is 2.29. The zero-order valence-corrected chi connectivity index (χ0v) is 12.5. The summed E-state index contributed by atoms with van der Waals surface area (Å²) in [5, 5.41) is 10.8. The van der Waals surface area contributed by atoms with Crippen LogP contribution in [0, 0.1) is 11.3 Å². The average molecular weight is 322 g/mol. The molecule has 96 valence electrons. The van der Waals surface area contributed by atoms with E-state index in [1.54, 1.807) is 18.4 Å². The smallest absolute Gasteiger partial charge is 0.193 e. The molecule has 0 unspecified atom stereocenters. The van der Waals surface area contributed by atoms with Crippen LogP contribution in [0.3, 0.4) is 0 Å². The molecule has 0 spiro atoms. The minimum atomic E-state index is -3.67. The van der Waals surface area contributed by atoms with Gasteiger partial charge < -0.3 is 0 Å². The van der Waals surface area contributed by atoms with Crippen LogP contribution in [0.4, 0.5) is 0 Å². The number of rotatable bonds is 4. The second kappa shape index (κ2) is 6.48.